The average Bonchev–Trinajstić information content (AvgIpc) is 3.64. The number of nitrogens with one attached hydrogen (secondary N) is 2. The molecule has 4 aromatic rings. The van der Waals surface area contributed by atoms with E-state index in [0.29, 0.717) is 5.84 Å². The van der Waals surface area contributed by atoms with Crippen LogP contribution >= 0.6 is 0 Å². The first-order valence-electron chi connectivity index (χ1n) is 11.2. The molecule has 1 aromatic heterocycles. The minimum absolute atomic E-state index is 0.0111. The summed E-state index contributed by atoms with van der Waals surface area (Å²) in [6.45, 7) is 0. The summed E-state index contributed by atoms with van der Waals surface area (Å²) in [6.07, 6.45) is -0.749. The Balaban J connectivity index is 0.000000262. The van der Waals surface area contributed by atoms with Crippen molar-refractivity contribution in [2.24, 2.45) is 4.99 Å². The van der Waals surface area contributed by atoms with Gasteiger partial charge in [0, 0.05) is 12.4 Å². The normalized spacial score (nSPS) is 17.1. The van der Waals surface area contributed by atoms with E-state index in [0.717, 1.165) is 16.7 Å². The SMILES string of the molecule is O=C(O)C(F)(F)F.OC(C1=NC(c2ccccc2)C(c2ccccc2)N1)c1ccccc1.c1c[nH]cn1. The van der Waals surface area contributed by atoms with Crippen molar-refractivity contribution in [2.45, 2.75) is 24.4 Å². The second-order valence-corrected chi connectivity index (χ2v) is 7.78. The maximum Gasteiger partial charge on any atom is 0.490 e. The molecule has 0 spiro atoms. The molecule has 0 amide bonds. The lowest BCUT2D eigenvalue weighted by Crippen LogP contribution is -2.28. The van der Waals surface area contributed by atoms with Gasteiger partial charge in [0.15, 0.2) is 0 Å². The number of aliphatic imine (C=N–C) groups is 1. The van der Waals surface area contributed by atoms with Crippen LogP contribution in [-0.2, 0) is 4.79 Å². The Morgan fingerprint density at radius 3 is 1.81 bits per heavy atom. The Morgan fingerprint density at radius 1 is 0.865 bits per heavy atom. The summed E-state index contributed by atoms with van der Waals surface area (Å²) >= 11 is 0. The molecule has 0 fully saturated rings. The molecule has 10 heteroatoms. The van der Waals surface area contributed by atoms with Crippen molar-refractivity contribution in [1.82, 2.24) is 15.3 Å². The van der Waals surface area contributed by atoms with Gasteiger partial charge in [-0.1, -0.05) is 91.0 Å². The lowest BCUT2D eigenvalue weighted by Gasteiger charge is -2.20. The number of carbonyl (C=O) groups is 1. The van der Waals surface area contributed by atoms with Gasteiger partial charge in [-0.25, -0.2) is 9.78 Å². The number of rotatable bonds is 4. The second-order valence-electron chi connectivity index (χ2n) is 7.78. The standard InChI is InChI=1S/C22H20N2O.C3H4N2.C2HF3O2/c25-21(18-14-8-3-9-15-18)22-23-19(16-10-4-1-5-11-16)20(24-22)17-12-6-2-7-13-17;1-2-5-3-4-1;3-2(4,5)1(6)7/h1-15,19-21,25H,(H,23,24);1-3H,(H,4,5);(H,6,7). The number of halogens is 3. The molecule has 0 saturated carbocycles. The molecule has 192 valence electrons. The summed E-state index contributed by atoms with van der Waals surface area (Å²) in [5.41, 5.74) is 3.14. The van der Waals surface area contributed by atoms with Gasteiger partial charge in [-0.15, -0.1) is 0 Å². The predicted octanol–water partition coefficient (Wildman–Crippen LogP) is 5.25. The van der Waals surface area contributed by atoms with Crippen LogP contribution in [-0.4, -0.2) is 38.2 Å². The molecule has 3 atom stereocenters. The highest BCUT2D eigenvalue weighted by atomic mass is 19.4. The number of aromatic amines is 1. The molecule has 7 nitrogen and oxygen atoms in total. The van der Waals surface area contributed by atoms with Crippen molar-refractivity contribution in [3.05, 3.63) is 126 Å². The Labute approximate surface area is 211 Å². The van der Waals surface area contributed by atoms with Gasteiger partial charge in [0.25, 0.3) is 0 Å². The highest BCUT2D eigenvalue weighted by Crippen LogP contribution is 2.37. The molecular weight excluding hydrogens is 485 g/mol. The van der Waals surface area contributed by atoms with E-state index in [-0.39, 0.29) is 12.1 Å². The van der Waals surface area contributed by atoms with E-state index in [4.69, 9.17) is 14.9 Å². The zero-order chi connectivity index (χ0) is 26.7. The average molecular weight is 511 g/mol. The number of alkyl halides is 3. The number of carboxylic acid groups (broad SMARTS) is 1. The third-order valence-electron chi connectivity index (χ3n) is 5.22. The number of amidine groups is 1. The molecular formula is C27H25F3N4O3. The lowest BCUT2D eigenvalue weighted by molar-refractivity contribution is -0.192. The van der Waals surface area contributed by atoms with Crippen molar-refractivity contribution in [3.63, 3.8) is 0 Å². The van der Waals surface area contributed by atoms with Crippen molar-refractivity contribution in [3.8, 4) is 0 Å². The van der Waals surface area contributed by atoms with Crippen LogP contribution in [0, 0.1) is 0 Å². The van der Waals surface area contributed by atoms with Gasteiger partial charge in [-0.3, -0.25) is 4.99 Å². The molecule has 3 aromatic carbocycles. The van der Waals surface area contributed by atoms with E-state index < -0.39 is 18.2 Å². The van der Waals surface area contributed by atoms with Crippen LogP contribution in [0.2, 0.25) is 0 Å². The quantitative estimate of drug-likeness (QED) is 0.300. The first-order valence-corrected chi connectivity index (χ1v) is 11.2. The number of hydrogen-bond donors (Lipinski definition) is 4. The molecule has 37 heavy (non-hydrogen) atoms. The van der Waals surface area contributed by atoms with Crippen LogP contribution in [0.15, 0.2) is 115 Å². The maximum absolute atomic E-state index is 10.8. The van der Waals surface area contributed by atoms with Crippen molar-refractivity contribution in [2.75, 3.05) is 0 Å². The van der Waals surface area contributed by atoms with E-state index >= 15 is 0 Å². The summed E-state index contributed by atoms with van der Waals surface area (Å²) in [5, 5.41) is 21.3. The zero-order valence-electron chi connectivity index (χ0n) is 19.5. The summed E-state index contributed by atoms with van der Waals surface area (Å²) in [5.74, 6) is -2.14. The third-order valence-corrected chi connectivity index (χ3v) is 5.22. The number of benzene rings is 3. The van der Waals surface area contributed by atoms with Gasteiger partial charge in [-0.05, 0) is 16.7 Å². The van der Waals surface area contributed by atoms with E-state index in [2.05, 4.69) is 39.6 Å². The lowest BCUT2D eigenvalue weighted by atomic mass is 9.95. The molecule has 5 rings (SSSR count). The minimum atomic E-state index is -5.08. The molecule has 3 unspecified atom stereocenters. The number of aliphatic hydroxyl groups excluding tert-OH is 1. The van der Waals surface area contributed by atoms with Crippen molar-refractivity contribution >= 4 is 11.8 Å². The Kier molecular flexibility index (Phi) is 9.56. The number of imidazole rings is 1. The fourth-order valence-electron chi connectivity index (χ4n) is 3.50. The molecule has 0 radical (unpaired) electrons. The van der Waals surface area contributed by atoms with Gasteiger partial charge in [0.2, 0.25) is 0 Å². The Morgan fingerprint density at radius 2 is 1.38 bits per heavy atom. The first kappa shape index (κ1) is 27.2. The number of aromatic nitrogens is 2. The van der Waals surface area contributed by atoms with Gasteiger partial charge in [-0.2, -0.15) is 13.2 Å². The number of H-pyrrole nitrogens is 1. The predicted molar refractivity (Wildman–Crippen MR) is 133 cm³/mol. The summed E-state index contributed by atoms with van der Waals surface area (Å²) in [6, 6.07) is 30.1. The molecule has 0 bridgehead atoms. The fraction of sp³-hybridized carbons (Fsp3) is 0.148. The third kappa shape index (κ3) is 8.04. The van der Waals surface area contributed by atoms with Crippen LogP contribution in [0.4, 0.5) is 13.2 Å². The van der Waals surface area contributed by atoms with Crippen molar-refractivity contribution in [1.29, 1.82) is 0 Å². The topological polar surface area (TPSA) is 111 Å². The van der Waals surface area contributed by atoms with Crippen molar-refractivity contribution < 1.29 is 28.2 Å². The molecule has 1 aliphatic heterocycles. The van der Waals surface area contributed by atoms with E-state index in [1.807, 2.05) is 66.7 Å². The summed E-state index contributed by atoms with van der Waals surface area (Å²) in [7, 11) is 0. The number of aliphatic hydroxyl groups is 1. The maximum atomic E-state index is 10.8. The van der Waals surface area contributed by atoms with E-state index in [1.54, 1.807) is 18.7 Å². The van der Waals surface area contributed by atoms with Crippen LogP contribution in [0.5, 0.6) is 0 Å². The highest BCUT2D eigenvalue weighted by Gasteiger charge is 2.38. The number of aliphatic carboxylic acids is 1. The van der Waals surface area contributed by atoms with Crippen LogP contribution in [0.1, 0.15) is 34.9 Å². The smallest absolute Gasteiger partial charge is 0.475 e. The number of carboxylic acids is 1. The van der Waals surface area contributed by atoms with Crippen LogP contribution in [0.25, 0.3) is 0 Å². The minimum Gasteiger partial charge on any atom is -0.475 e. The highest BCUT2D eigenvalue weighted by molar-refractivity contribution is 5.89. The Hall–Kier alpha value is -4.44. The largest absolute Gasteiger partial charge is 0.490 e. The number of nitrogens with zero attached hydrogens (tertiary/aromatic N) is 2. The fourth-order valence-corrected chi connectivity index (χ4v) is 3.50. The van der Waals surface area contributed by atoms with Crippen LogP contribution in [0.3, 0.4) is 0 Å². The van der Waals surface area contributed by atoms with E-state index in [1.165, 1.54) is 0 Å². The van der Waals surface area contributed by atoms with Gasteiger partial charge < -0.3 is 20.5 Å². The van der Waals surface area contributed by atoms with Gasteiger partial charge in [0.05, 0.1) is 12.4 Å². The number of hydrogen-bond acceptors (Lipinski definition) is 5. The molecule has 0 saturated heterocycles. The molecule has 4 N–H and O–H groups in total. The van der Waals surface area contributed by atoms with Gasteiger partial charge in [0.1, 0.15) is 18.0 Å². The summed E-state index contributed by atoms with van der Waals surface area (Å²) in [4.78, 5) is 20.2. The van der Waals surface area contributed by atoms with Gasteiger partial charge >= 0.3 is 12.1 Å². The van der Waals surface area contributed by atoms with Crippen LogP contribution < -0.4 is 5.32 Å². The Bertz CT molecular complexity index is 1220. The molecule has 1 aliphatic rings. The summed E-state index contributed by atoms with van der Waals surface area (Å²) < 4.78 is 31.7. The molecule has 2 heterocycles. The zero-order valence-corrected chi connectivity index (χ0v) is 19.5. The first-order chi connectivity index (χ1) is 17.8. The second kappa shape index (κ2) is 13.0. The molecule has 0 aliphatic carbocycles. The monoisotopic (exact) mass is 510 g/mol. The van der Waals surface area contributed by atoms with E-state index in [9.17, 15) is 18.3 Å².